The fraction of sp³-hybridized carbons (Fsp3) is 0.125. The van der Waals surface area contributed by atoms with Crippen LogP contribution in [0.1, 0.15) is 21.5 Å². The first-order valence-corrected chi connectivity index (χ1v) is 6.79. The average Bonchev–Trinajstić information content (AvgIpc) is 2.53. The van der Waals surface area contributed by atoms with Crippen LogP contribution in [0.15, 0.2) is 53.6 Å². The Morgan fingerprint density at radius 2 is 1.96 bits per heavy atom. The van der Waals surface area contributed by atoms with Crippen LogP contribution in [0, 0.1) is 10.1 Å². The smallest absolute Gasteiger partial charge is 0.336 e. The fourth-order valence-electron chi connectivity index (χ4n) is 2.09. The average molecular weight is 313 g/mol. The van der Waals surface area contributed by atoms with Gasteiger partial charge in [-0.15, -0.1) is 0 Å². The molecule has 7 heteroatoms. The molecule has 0 atom stereocenters. The molecule has 2 aromatic carbocycles. The van der Waals surface area contributed by atoms with Gasteiger partial charge < -0.3 is 5.11 Å². The Kier molecular flexibility index (Phi) is 5.03. The number of aromatic carboxylic acids is 1. The molecule has 0 aliphatic heterocycles. The maximum absolute atomic E-state index is 11.3. The molecule has 0 amide bonds. The minimum Gasteiger partial charge on any atom is -0.478 e. The Balaban J connectivity index is 2.26. The van der Waals surface area contributed by atoms with E-state index in [1.165, 1.54) is 23.2 Å². The zero-order valence-corrected chi connectivity index (χ0v) is 12.4. The molecule has 2 aromatic rings. The summed E-state index contributed by atoms with van der Waals surface area (Å²) in [5.74, 6) is -1.20. The molecule has 0 fully saturated rings. The van der Waals surface area contributed by atoms with E-state index in [2.05, 4.69) is 5.10 Å². The second-order valence-electron chi connectivity index (χ2n) is 4.84. The van der Waals surface area contributed by atoms with Crippen molar-refractivity contribution in [2.45, 2.75) is 6.54 Å². The van der Waals surface area contributed by atoms with Crippen LogP contribution < -0.4 is 0 Å². The van der Waals surface area contributed by atoms with E-state index in [9.17, 15) is 20.0 Å². The van der Waals surface area contributed by atoms with Gasteiger partial charge in [0, 0.05) is 13.1 Å². The Hall–Kier alpha value is -3.22. The fourth-order valence-corrected chi connectivity index (χ4v) is 2.09. The summed E-state index contributed by atoms with van der Waals surface area (Å²) in [6, 6.07) is 13.3. The first-order valence-electron chi connectivity index (χ1n) is 6.79. The maximum atomic E-state index is 11.3. The molecule has 0 spiro atoms. The zero-order valence-electron chi connectivity index (χ0n) is 12.4. The Morgan fingerprint density at radius 3 is 2.57 bits per heavy atom. The molecule has 1 N–H and O–H groups in total. The summed E-state index contributed by atoms with van der Waals surface area (Å²) in [6.07, 6.45) is 1.61. The number of nitrogens with zero attached hydrogens (tertiary/aromatic N) is 3. The summed E-state index contributed by atoms with van der Waals surface area (Å²) in [7, 11) is 1.63. The molecule has 0 unspecified atom stereocenters. The first-order chi connectivity index (χ1) is 11.0. The van der Waals surface area contributed by atoms with Gasteiger partial charge in [-0.2, -0.15) is 5.10 Å². The van der Waals surface area contributed by atoms with Crippen LogP contribution in [-0.2, 0) is 6.54 Å². The summed E-state index contributed by atoms with van der Waals surface area (Å²) in [5, 5.41) is 26.0. The van der Waals surface area contributed by atoms with Gasteiger partial charge in [0.15, 0.2) is 0 Å². The highest BCUT2D eigenvalue weighted by atomic mass is 16.6. The Morgan fingerprint density at radius 1 is 1.26 bits per heavy atom. The normalized spacial score (nSPS) is 10.7. The number of hydrazone groups is 1. The van der Waals surface area contributed by atoms with Gasteiger partial charge in [-0.3, -0.25) is 15.1 Å². The van der Waals surface area contributed by atoms with Crippen molar-refractivity contribution in [3.63, 3.8) is 0 Å². The molecule has 0 aliphatic rings. The topological polar surface area (TPSA) is 96.0 Å². The first kappa shape index (κ1) is 16.2. The summed E-state index contributed by atoms with van der Waals surface area (Å²) < 4.78 is 0. The van der Waals surface area contributed by atoms with E-state index in [-0.39, 0.29) is 23.4 Å². The lowest BCUT2D eigenvalue weighted by Gasteiger charge is -2.14. The van der Waals surface area contributed by atoms with Gasteiger partial charge in [0.05, 0.1) is 28.8 Å². The number of carbonyl (C=O) groups is 1. The number of carboxylic acid groups (broad SMARTS) is 1. The Labute approximate surface area is 132 Å². The Bertz CT molecular complexity index is 712. The van der Waals surface area contributed by atoms with Crippen LogP contribution >= 0.6 is 0 Å². The van der Waals surface area contributed by atoms with E-state index < -0.39 is 10.9 Å². The molecule has 7 nitrogen and oxygen atoms in total. The van der Waals surface area contributed by atoms with Crippen molar-refractivity contribution < 1.29 is 14.8 Å². The van der Waals surface area contributed by atoms with Crippen LogP contribution in [-0.4, -0.2) is 34.3 Å². The number of carboxylic acids is 1. The molecule has 0 bridgehead atoms. The number of hydrogen-bond donors (Lipinski definition) is 1. The van der Waals surface area contributed by atoms with E-state index in [0.29, 0.717) is 0 Å². The van der Waals surface area contributed by atoms with Gasteiger partial charge >= 0.3 is 5.97 Å². The molecule has 118 valence electrons. The number of nitro benzene ring substituents is 1. The third-order valence-corrected chi connectivity index (χ3v) is 3.17. The summed E-state index contributed by atoms with van der Waals surface area (Å²) >= 11 is 0. The van der Waals surface area contributed by atoms with Crippen LogP contribution in [0.5, 0.6) is 0 Å². The van der Waals surface area contributed by atoms with Gasteiger partial charge in [-0.1, -0.05) is 36.4 Å². The predicted molar refractivity (Wildman–Crippen MR) is 85.6 cm³/mol. The van der Waals surface area contributed by atoms with Crippen molar-refractivity contribution in [2.24, 2.45) is 5.10 Å². The highest BCUT2D eigenvalue weighted by Crippen LogP contribution is 2.24. The maximum Gasteiger partial charge on any atom is 0.336 e. The lowest BCUT2D eigenvalue weighted by atomic mass is 10.1. The van der Waals surface area contributed by atoms with E-state index >= 15 is 0 Å². The highest BCUT2D eigenvalue weighted by molar-refractivity contribution is 5.90. The molecule has 2 rings (SSSR count). The van der Waals surface area contributed by atoms with Crippen LogP contribution in [0.25, 0.3) is 0 Å². The van der Waals surface area contributed by atoms with Gasteiger partial charge in [-0.05, 0) is 11.6 Å². The van der Waals surface area contributed by atoms with Crippen molar-refractivity contribution in [1.29, 1.82) is 0 Å². The van der Waals surface area contributed by atoms with E-state index in [1.54, 1.807) is 13.3 Å². The molecule has 23 heavy (non-hydrogen) atoms. The minimum atomic E-state index is -1.20. The second kappa shape index (κ2) is 7.17. The zero-order chi connectivity index (χ0) is 16.8. The van der Waals surface area contributed by atoms with Gasteiger partial charge in [0.25, 0.3) is 5.69 Å². The lowest BCUT2D eigenvalue weighted by molar-refractivity contribution is -0.385. The van der Waals surface area contributed by atoms with Crippen molar-refractivity contribution in [2.75, 3.05) is 7.05 Å². The monoisotopic (exact) mass is 313 g/mol. The van der Waals surface area contributed by atoms with Gasteiger partial charge in [0.1, 0.15) is 0 Å². The molecule has 0 aliphatic carbocycles. The van der Waals surface area contributed by atoms with Gasteiger partial charge in [-0.25, -0.2) is 4.79 Å². The molecule has 0 saturated carbocycles. The number of benzene rings is 2. The van der Waals surface area contributed by atoms with E-state index in [0.717, 1.165) is 5.56 Å². The van der Waals surface area contributed by atoms with E-state index in [4.69, 9.17) is 0 Å². The molecule has 0 saturated heterocycles. The summed E-state index contributed by atoms with van der Waals surface area (Å²) in [6.45, 7) is 0.0160. The second-order valence-corrected chi connectivity index (χ2v) is 4.84. The van der Waals surface area contributed by atoms with Crippen LogP contribution in [0.3, 0.4) is 0 Å². The minimum absolute atomic E-state index is 0.0160. The molecule has 0 aromatic heterocycles. The standard InChI is InChI=1S/C16H15N3O4/c1-18(17-10-12-6-3-2-4-7-12)11-14-13(16(20)21)8-5-9-15(14)19(22)23/h2-10H,11H2,1H3,(H,20,21)/b17-10+. The van der Waals surface area contributed by atoms with Gasteiger partial charge in [0.2, 0.25) is 0 Å². The quantitative estimate of drug-likeness (QED) is 0.502. The molecule has 0 radical (unpaired) electrons. The van der Waals surface area contributed by atoms with E-state index in [1.807, 2.05) is 30.3 Å². The van der Waals surface area contributed by atoms with Crippen LogP contribution in [0.2, 0.25) is 0 Å². The van der Waals surface area contributed by atoms with Crippen molar-refractivity contribution in [3.05, 3.63) is 75.3 Å². The van der Waals surface area contributed by atoms with Crippen molar-refractivity contribution >= 4 is 17.9 Å². The number of rotatable bonds is 6. The van der Waals surface area contributed by atoms with Crippen molar-refractivity contribution in [1.82, 2.24) is 5.01 Å². The summed E-state index contributed by atoms with van der Waals surface area (Å²) in [4.78, 5) is 21.8. The molecular weight excluding hydrogens is 298 g/mol. The van der Waals surface area contributed by atoms with Crippen LogP contribution in [0.4, 0.5) is 5.69 Å². The SMILES string of the molecule is CN(Cc1c(C(=O)O)cccc1[N+](=O)[O-])/N=C/c1ccccc1. The third kappa shape index (κ3) is 4.13. The number of nitro groups is 1. The third-order valence-electron chi connectivity index (χ3n) is 3.17. The predicted octanol–water partition coefficient (Wildman–Crippen LogP) is 2.76. The molecule has 0 heterocycles. The highest BCUT2D eigenvalue weighted by Gasteiger charge is 2.21. The summed E-state index contributed by atoms with van der Waals surface area (Å²) in [5.41, 5.74) is 0.672. The largest absolute Gasteiger partial charge is 0.478 e. The lowest BCUT2D eigenvalue weighted by Crippen LogP contribution is -2.16. The molecular formula is C16H15N3O4. The van der Waals surface area contributed by atoms with Crippen molar-refractivity contribution in [3.8, 4) is 0 Å². The number of hydrogen-bond acceptors (Lipinski definition) is 5.